The molecule has 0 saturated carbocycles. The van der Waals surface area contributed by atoms with Crippen LogP contribution in [0.1, 0.15) is 28.8 Å². The van der Waals surface area contributed by atoms with Crippen molar-refractivity contribution in [2.24, 2.45) is 5.10 Å². The minimum atomic E-state index is -0.279. The van der Waals surface area contributed by atoms with E-state index in [-0.39, 0.29) is 11.8 Å². The number of aromatic nitrogens is 1. The Kier molecular flexibility index (Phi) is 8.60. The van der Waals surface area contributed by atoms with Crippen LogP contribution in [0.3, 0.4) is 0 Å². The van der Waals surface area contributed by atoms with Crippen molar-refractivity contribution < 1.29 is 14.3 Å². The molecule has 0 unspecified atom stereocenters. The highest BCUT2D eigenvalue weighted by Crippen LogP contribution is 2.18. The van der Waals surface area contributed by atoms with E-state index in [1.807, 2.05) is 67.7 Å². The molecule has 0 aliphatic heterocycles. The van der Waals surface area contributed by atoms with Gasteiger partial charge in [0.1, 0.15) is 5.75 Å². The Bertz CT molecular complexity index is 1120. The highest BCUT2D eigenvalue weighted by atomic mass is 16.5. The molecular formula is C25H31N5O3. The van der Waals surface area contributed by atoms with E-state index in [4.69, 9.17) is 4.74 Å². The molecule has 2 aromatic carbocycles. The highest BCUT2D eigenvalue weighted by molar-refractivity contribution is 5.98. The summed E-state index contributed by atoms with van der Waals surface area (Å²) < 4.78 is 7.28. The van der Waals surface area contributed by atoms with Crippen molar-refractivity contribution in [3.8, 4) is 5.75 Å². The summed E-state index contributed by atoms with van der Waals surface area (Å²) in [4.78, 5) is 26.5. The Labute approximate surface area is 194 Å². The highest BCUT2D eigenvalue weighted by Gasteiger charge is 2.09. The van der Waals surface area contributed by atoms with Crippen molar-refractivity contribution in [3.63, 3.8) is 0 Å². The van der Waals surface area contributed by atoms with Crippen LogP contribution in [0.4, 0.5) is 0 Å². The van der Waals surface area contributed by atoms with E-state index in [0.717, 1.165) is 41.7 Å². The lowest BCUT2D eigenvalue weighted by Crippen LogP contribution is -2.31. The first-order valence-corrected chi connectivity index (χ1v) is 10.9. The molecule has 1 heterocycles. The predicted octanol–water partition coefficient (Wildman–Crippen LogP) is 2.87. The van der Waals surface area contributed by atoms with Crippen LogP contribution in [0.5, 0.6) is 5.75 Å². The number of carbonyl (C=O) groups excluding carboxylic acids is 2. The lowest BCUT2D eigenvalue weighted by Gasteiger charge is -2.10. The second-order valence-electron chi connectivity index (χ2n) is 8.02. The molecule has 0 aliphatic carbocycles. The van der Waals surface area contributed by atoms with E-state index in [0.29, 0.717) is 18.5 Å². The van der Waals surface area contributed by atoms with E-state index >= 15 is 0 Å². The molecule has 2 N–H and O–H groups in total. The summed E-state index contributed by atoms with van der Waals surface area (Å²) >= 11 is 0. The van der Waals surface area contributed by atoms with Crippen molar-refractivity contribution in [2.75, 3.05) is 34.3 Å². The summed E-state index contributed by atoms with van der Waals surface area (Å²) in [6.07, 6.45) is 4.79. The van der Waals surface area contributed by atoms with Gasteiger partial charge in [0, 0.05) is 48.7 Å². The van der Waals surface area contributed by atoms with Crippen LogP contribution in [0.15, 0.2) is 59.8 Å². The molecule has 8 nitrogen and oxygen atoms in total. The topological polar surface area (TPSA) is 88.0 Å². The van der Waals surface area contributed by atoms with Crippen molar-refractivity contribution in [1.82, 2.24) is 20.2 Å². The maximum absolute atomic E-state index is 12.5. The van der Waals surface area contributed by atoms with Gasteiger partial charge in [-0.15, -0.1) is 0 Å². The molecule has 2 amide bonds. The first kappa shape index (κ1) is 24.0. The summed E-state index contributed by atoms with van der Waals surface area (Å²) in [7, 11) is 5.56. The van der Waals surface area contributed by atoms with Crippen LogP contribution >= 0.6 is 0 Å². The van der Waals surface area contributed by atoms with Crippen molar-refractivity contribution in [3.05, 3.63) is 65.9 Å². The first-order chi connectivity index (χ1) is 16.0. The summed E-state index contributed by atoms with van der Waals surface area (Å²) in [5.41, 5.74) is 4.95. The molecule has 1 aromatic heterocycles. The third kappa shape index (κ3) is 7.18. The molecule has 3 rings (SSSR count). The van der Waals surface area contributed by atoms with Gasteiger partial charge in [-0.25, -0.2) is 5.43 Å². The zero-order chi connectivity index (χ0) is 23.6. The second-order valence-corrected chi connectivity index (χ2v) is 8.02. The Morgan fingerprint density at radius 1 is 1.15 bits per heavy atom. The Morgan fingerprint density at radius 2 is 2.00 bits per heavy atom. The molecule has 33 heavy (non-hydrogen) atoms. The zero-order valence-corrected chi connectivity index (χ0v) is 19.4. The average molecular weight is 450 g/mol. The number of hydrazone groups is 1. The van der Waals surface area contributed by atoms with Crippen LogP contribution in [0.2, 0.25) is 0 Å². The average Bonchev–Trinajstić information content (AvgIpc) is 3.21. The number of likely N-dealkylation sites (N-methyl/N-ethyl adjacent to an activating group) is 1. The van der Waals surface area contributed by atoms with Gasteiger partial charge in [0.05, 0.1) is 13.3 Å². The molecule has 3 aromatic rings. The number of rotatable bonds is 11. The number of benzene rings is 2. The number of hydrogen-bond donors (Lipinski definition) is 2. The summed E-state index contributed by atoms with van der Waals surface area (Å²) in [6.45, 7) is 2.23. The lowest BCUT2D eigenvalue weighted by molar-refractivity contribution is -0.121. The van der Waals surface area contributed by atoms with E-state index < -0.39 is 0 Å². The number of fused-ring (bicyclic) bond motifs is 1. The van der Waals surface area contributed by atoms with E-state index in [9.17, 15) is 9.59 Å². The molecule has 0 bridgehead atoms. The number of aryl methyl sites for hydroxylation is 1. The van der Waals surface area contributed by atoms with Crippen molar-refractivity contribution >= 4 is 28.9 Å². The fourth-order valence-electron chi connectivity index (χ4n) is 3.41. The second kappa shape index (κ2) is 11.8. The lowest BCUT2D eigenvalue weighted by atomic mass is 10.1. The molecule has 0 atom stereocenters. The van der Waals surface area contributed by atoms with Gasteiger partial charge >= 0.3 is 0 Å². The van der Waals surface area contributed by atoms with E-state index in [1.54, 1.807) is 19.4 Å². The van der Waals surface area contributed by atoms with Gasteiger partial charge in [-0.3, -0.25) is 9.59 Å². The van der Waals surface area contributed by atoms with Gasteiger partial charge in [0.15, 0.2) is 0 Å². The Balaban J connectivity index is 1.52. The van der Waals surface area contributed by atoms with Crippen LogP contribution in [-0.2, 0) is 11.3 Å². The number of nitrogens with one attached hydrogen (secondary N) is 2. The maximum Gasteiger partial charge on any atom is 0.271 e. The predicted molar refractivity (Wildman–Crippen MR) is 131 cm³/mol. The smallest absolute Gasteiger partial charge is 0.271 e. The number of carbonyl (C=O) groups is 2. The monoisotopic (exact) mass is 449 g/mol. The third-order valence-electron chi connectivity index (χ3n) is 5.19. The maximum atomic E-state index is 12.5. The molecular weight excluding hydrogens is 418 g/mol. The number of nitrogens with zero attached hydrogens (tertiary/aromatic N) is 3. The molecule has 0 saturated heterocycles. The summed E-state index contributed by atoms with van der Waals surface area (Å²) in [5, 5.41) is 7.94. The Morgan fingerprint density at radius 3 is 2.79 bits per heavy atom. The van der Waals surface area contributed by atoms with Gasteiger partial charge in [-0.2, -0.15) is 5.10 Å². The van der Waals surface area contributed by atoms with Gasteiger partial charge in [-0.1, -0.05) is 12.1 Å². The molecule has 8 heteroatoms. The van der Waals surface area contributed by atoms with Crippen LogP contribution < -0.4 is 15.5 Å². The largest absolute Gasteiger partial charge is 0.497 e. The SMILES string of the molecule is COc1cccc(C=NNC(=O)c2ccc3c(ccn3CCCC(=O)NCCN(C)C)c2)c1. The number of methoxy groups -OCH3 is 1. The molecule has 174 valence electrons. The first-order valence-electron chi connectivity index (χ1n) is 10.9. The van der Waals surface area contributed by atoms with Gasteiger partial charge in [0.2, 0.25) is 5.91 Å². The molecule has 0 aliphatic rings. The quantitative estimate of drug-likeness (QED) is 0.348. The fraction of sp³-hybridized carbons (Fsp3) is 0.320. The number of amides is 2. The zero-order valence-electron chi connectivity index (χ0n) is 19.4. The van der Waals surface area contributed by atoms with Gasteiger partial charge in [-0.05, 0) is 62.5 Å². The molecule has 0 fully saturated rings. The van der Waals surface area contributed by atoms with Crippen LogP contribution in [0.25, 0.3) is 10.9 Å². The van der Waals surface area contributed by atoms with Crippen molar-refractivity contribution in [1.29, 1.82) is 0 Å². The van der Waals surface area contributed by atoms with E-state index in [2.05, 4.69) is 20.4 Å². The number of ether oxygens (including phenoxy) is 1. The third-order valence-corrected chi connectivity index (χ3v) is 5.19. The van der Waals surface area contributed by atoms with Crippen LogP contribution in [0, 0.1) is 0 Å². The minimum Gasteiger partial charge on any atom is -0.497 e. The molecule has 0 spiro atoms. The number of hydrogen-bond acceptors (Lipinski definition) is 5. The van der Waals surface area contributed by atoms with Gasteiger partial charge in [0.25, 0.3) is 5.91 Å². The Hall–Kier alpha value is -3.65. The molecule has 0 radical (unpaired) electrons. The summed E-state index contributed by atoms with van der Waals surface area (Å²) in [5.74, 6) is 0.519. The fourth-order valence-corrected chi connectivity index (χ4v) is 3.41. The van der Waals surface area contributed by atoms with Crippen LogP contribution in [-0.4, -0.2) is 61.8 Å². The normalized spacial score (nSPS) is 11.3. The van der Waals surface area contributed by atoms with Crippen molar-refractivity contribution in [2.45, 2.75) is 19.4 Å². The van der Waals surface area contributed by atoms with E-state index in [1.165, 1.54) is 0 Å². The van der Waals surface area contributed by atoms with Gasteiger partial charge < -0.3 is 19.5 Å². The minimum absolute atomic E-state index is 0.0711. The standard InChI is InChI=1S/C25H31N5O3/c1-29(2)15-12-26-24(31)8-5-13-30-14-11-20-17-21(9-10-23(20)30)25(32)28-27-18-19-6-4-7-22(16-19)33-3/h4,6-7,9-11,14,16-18H,5,8,12-13,15H2,1-3H3,(H,26,31)(H,28,32). The summed E-state index contributed by atoms with van der Waals surface area (Å²) in [6, 6.07) is 14.9.